The highest BCUT2D eigenvalue weighted by molar-refractivity contribution is 5.85. The van der Waals surface area contributed by atoms with Crippen molar-refractivity contribution in [3.63, 3.8) is 0 Å². The normalized spacial score (nSPS) is 15.8. The molecule has 0 aromatic heterocycles. The van der Waals surface area contributed by atoms with E-state index < -0.39 is 0 Å². The van der Waals surface area contributed by atoms with Crippen LogP contribution in [0.4, 0.5) is 0 Å². The third-order valence-corrected chi connectivity index (χ3v) is 4.70. The Kier molecular flexibility index (Phi) is 10.0. The lowest BCUT2D eigenvalue weighted by Crippen LogP contribution is -2.33. The zero-order valence-corrected chi connectivity index (χ0v) is 15.9. The van der Waals surface area contributed by atoms with Crippen molar-refractivity contribution in [1.29, 1.82) is 0 Å². The van der Waals surface area contributed by atoms with Crippen molar-refractivity contribution in [2.45, 2.75) is 52.4 Å². The Morgan fingerprint density at radius 1 is 1.17 bits per heavy atom. The molecule has 24 heavy (non-hydrogen) atoms. The Hall–Kier alpha value is -1.06. The van der Waals surface area contributed by atoms with Gasteiger partial charge >= 0.3 is 0 Å². The van der Waals surface area contributed by atoms with Crippen LogP contribution in [0.3, 0.4) is 0 Å². The number of carbonyl (C=O) groups excluding carboxylic acids is 1. The quantitative estimate of drug-likeness (QED) is 0.611. The minimum absolute atomic E-state index is 0. The second kappa shape index (κ2) is 11.5. The van der Waals surface area contributed by atoms with Crippen molar-refractivity contribution >= 4 is 18.2 Å². The maximum atomic E-state index is 11.0. The van der Waals surface area contributed by atoms with Crippen LogP contribution in [0, 0.1) is 5.92 Å². The van der Waals surface area contributed by atoms with Gasteiger partial charge in [0.25, 0.3) is 0 Å². The summed E-state index contributed by atoms with van der Waals surface area (Å²) in [5, 5.41) is 0. The van der Waals surface area contributed by atoms with E-state index in [0.717, 1.165) is 31.1 Å². The number of halogens is 1. The predicted molar refractivity (Wildman–Crippen MR) is 102 cm³/mol. The molecule has 0 saturated carbocycles. The number of carbonyl (C=O) groups is 1. The van der Waals surface area contributed by atoms with Crippen LogP contribution < -0.4 is 4.74 Å². The Bertz CT molecular complexity index is 467. The summed E-state index contributed by atoms with van der Waals surface area (Å²) < 4.78 is 5.81. The Morgan fingerprint density at radius 2 is 1.83 bits per heavy atom. The summed E-state index contributed by atoms with van der Waals surface area (Å²) in [4.78, 5) is 13.6. The number of ether oxygens (including phenoxy) is 1. The molecule has 0 spiro atoms. The number of likely N-dealkylation sites (tertiary alicyclic amines) is 1. The van der Waals surface area contributed by atoms with E-state index in [1.165, 1.54) is 44.5 Å². The fourth-order valence-corrected chi connectivity index (χ4v) is 2.99. The molecule has 3 nitrogen and oxygen atoms in total. The van der Waals surface area contributed by atoms with Crippen LogP contribution in [0.1, 0.15) is 51.5 Å². The number of piperidine rings is 1. The average Bonchev–Trinajstić information content (AvgIpc) is 2.55. The summed E-state index contributed by atoms with van der Waals surface area (Å²) in [7, 11) is 0. The van der Waals surface area contributed by atoms with Gasteiger partial charge in [-0.2, -0.15) is 0 Å². The van der Waals surface area contributed by atoms with Gasteiger partial charge in [-0.15, -0.1) is 12.4 Å². The smallest absolute Gasteiger partial charge is 0.130 e. The molecule has 2 rings (SSSR count). The minimum atomic E-state index is 0. The van der Waals surface area contributed by atoms with Gasteiger partial charge in [0.1, 0.15) is 11.5 Å². The molecule has 136 valence electrons. The molecular formula is C20H32ClNO2. The fourth-order valence-electron chi connectivity index (χ4n) is 2.99. The van der Waals surface area contributed by atoms with E-state index in [9.17, 15) is 4.79 Å². The van der Waals surface area contributed by atoms with E-state index in [-0.39, 0.29) is 18.2 Å². The lowest BCUT2D eigenvalue weighted by Gasteiger charge is -2.30. The molecule has 1 aliphatic heterocycles. The van der Waals surface area contributed by atoms with Crippen molar-refractivity contribution < 1.29 is 9.53 Å². The second-order valence-electron chi connectivity index (χ2n) is 6.93. The van der Waals surface area contributed by atoms with Gasteiger partial charge in [0, 0.05) is 6.42 Å². The molecule has 0 N–H and O–H groups in total. The lowest BCUT2D eigenvalue weighted by molar-refractivity contribution is -0.116. The molecule has 0 atom stereocenters. The van der Waals surface area contributed by atoms with Gasteiger partial charge in [0.2, 0.25) is 0 Å². The van der Waals surface area contributed by atoms with Crippen LogP contribution in [0.2, 0.25) is 0 Å². The van der Waals surface area contributed by atoms with Gasteiger partial charge in [-0.1, -0.05) is 19.1 Å². The number of aryl methyl sites for hydroxylation is 1. The second-order valence-corrected chi connectivity index (χ2v) is 6.93. The topological polar surface area (TPSA) is 29.5 Å². The molecule has 1 heterocycles. The van der Waals surface area contributed by atoms with Gasteiger partial charge in [-0.3, -0.25) is 0 Å². The summed E-state index contributed by atoms with van der Waals surface area (Å²) in [5.41, 5.74) is 1.20. The third kappa shape index (κ3) is 8.16. The van der Waals surface area contributed by atoms with E-state index >= 15 is 0 Å². The first kappa shape index (κ1) is 21.0. The Balaban J connectivity index is 0.00000288. The number of nitrogens with zero attached hydrogens (tertiary/aromatic N) is 1. The van der Waals surface area contributed by atoms with Gasteiger partial charge in [-0.05, 0) is 82.3 Å². The zero-order valence-electron chi connectivity index (χ0n) is 15.1. The summed E-state index contributed by atoms with van der Waals surface area (Å²) >= 11 is 0. The molecule has 4 heteroatoms. The maximum Gasteiger partial charge on any atom is 0.130 e. The van der Waals surface area contributed by atoms with Crippen molar-refractivity contribution in [1.82, 2.24) is 4.90 Å². The summed E-state index contributed by atoms with van der Waals surface area (Å²) in [6, 6.07) is 8.16. The van der Waals surface area contributed by atoms with Crippen LogP contribution in [-0.4, -0.2) is 36.9 Å². The SMILES string of the molecule is CC(=O)CCc1ccc(OCCCCN2CCC(C)CC2)cc1.Cl. The average molecular weight is 354 g/mol. The Labute approximate surface area is 153 Å². The van der Waals surface area contributed by atoms with Crippen molar-refractivity contribution in [2.75, 3.05) is 26.2 Å². The number of hydrogen-bond donors (Lipinski definition) is 0. The number of unbranched alkanes of at least 4 members (excludes halogenated alkanes) is 1. The van der Waals surface area contributed by atoms with Crippen LogP contribution >= 0.6 is 12.4 Å². The molecule has 1 aliphatic rings. The molecule has 0 unspecified atom stereocenters. The van der Waals surface area contributed by atoms with E-state index in [2.05, 4.69) is 24.0 Å². The van der Waals surface area contributed by atoms with E-state index in [0.29, 0.717) is 6.42 Å². The van der Waals surface area contributed by atoms with Crippen LogP contribution in [-0.2, 0) is 11.2 Å². The number of benzene rings is 1. The van der Waals surface area contributed by atoms with Crippen molar-refractivity contribution in [2.24, 2.45) is 5.92 Å². The first-order valence-corrected chi connectivity index (χ1v) is 9.07. The molecule has 1 aromatic carbocycles. The van der Waals surface area contributed by atoms with Crippen molar-refractivity contribution in [3.05, 3.63) is 29.8 Å². The molecular weight excluding hydrogens is 322 g/mol. The van der Waals surface area contributed by atoms with Crippen LogP contribution in [0.5, 0.6) is 5.75 Å². The monoisotopic (exact) mass is 353 g/mol. The Morgan fingerprint density at radius 3 is 2.46 bits per heavy atom. The molecule has 1 fully saturated rings. The number of hydrogen-bond acceptors (Lipinski definition) is 3. The van der Waals surface area contributed by atoms with Crippen molar-refractivity contribution in [3.8, 4) is 5.75 Å². The third-order valence-electron chi connectivity index (χ3n) is 4.70. The molecule has 0 radical (unpaired) electrons. The lowest BCUT2D eigenvalue weighted by atomic mass is 9.99. The standard InChI is InChI=1S/C20H31NO2.ClH/c1-17-11-14-21(15-12-17)13-3-4-16-23-20-9-7-19(8-10-20)6-5-18(2)22;/h7-10,17H,3-6,11-16H2,1-2H3;1H. The summed E-state index contributed by atoms with van der Waals surface area (Å²) in [5.74, 6) is 2.09. The zero-order chi connectivity index (χ0) is 16.5. The van der Waals surface area contributed by atoms with Crippen LogP contribution in [0.25, 0.3) is 0 Å². The highest BCUT2D eigenvalue weighted by atomic mass is 35.5. The van der Waals surface area contributed by atoms with E-state index in [1.54, 1.807) is 6.92 Å². The van der Waals surface area contributed by atoms with E-state index in [1.807, 2.05) is 12.1 Å². The van der Waals surface area contributed by atoms with E-state index in [4.69, 9.17) is 4.74 Å². The summed E-state index contributed by atoms with van der Waals surface area (Å²) in [6.07, 6.45) is 6.47. The molecule has 0 bridgehead atoms. The highest BCUT2D eigenvalue weighted by Crippen LogP contribution is 2.17. The largest absolute Gasteiger partial charge is 0.494 e. The first-order chi connectivity index (χ1) is 11.1. The van der Waals surface area contributed by atoms with Gasteiger partial charge < -0.3 is 14.4 Å². The van der Waals surface area contributed by atoms with Gasteiger partial charge in [-0.25, -0.2) is 0 Å². The molecule has 0 aliphatic carbocycles. The maximum absolute atomic E-state index is 11.0. The highest BCUT2D eigenvalue weighted by Gasteiger charge is 2.14. The minimum Gasteiger partial charge on any atom is -0.494 e. The molecule has 1 saturated heterocycles. The molecule has 1 aromatic rings. The molecule has 0 amide bonds. The van der Waals surface area contributed by atoms with Gasteiger partial charge in [0.15, 0.2) is 0 Å². The number of Topliss-reactive ketones (excluding diaryl/α,β-unsaturated/α-hetero) is 1. The number of ketones is 1. The van der Waals surface area contributed by atoms with Gasteiger partial charge in [0.05, 0.1) is 6.61 Å². The first-order valence-electron chi connectivity index (χ1n) is 9.07. The number of rotatable bonds is 9. The predicted octanol–water partition coefficient (Wildman–Crippen LogP) is 4.52. The fraction of sp³-hybridized carbons (Fsp3) is 0.650. The summed E-state index contributed by atoms with van der Waals surface area (Å²) in [6.45, 7) is 8.53. The van der Waals surface area contributed by atoms with Crippen LogP contribution in [0.15, 0.2) is 24.3 Å².